The van der Waals surface area contributed by atoms with Gasteiger partial charge in [0, 0.05) is 29.5 Å². The number of nitrogens with one attached hydrogen (secondary N) is 1. The van der Waals surface area contributed by atoms with Crippen LogP contribution in [0.3, 0.4) is 0 Å². The Balaban J connectivity index is 2.14. The standard InChI is InChI=1S/C16H21BrN2O/c1-4-18-12(2)13-7-8-19(10-13)11-14-9-15(20-3)5-6-16(14)17/h5-10,12,18H,4,11H2,1-3H3. The highest BCUT2D eigenvalue weighted by Gasteiger charge is 2.07. The number of benzene rings is 1. The predicted octanol–water partition coefficient (Wildman–Crippen LogP) is 3.98. The molecule has 0 aliphatic heterocycles. The Morgan fingerprint density at radius 2 is 2.15 bits per heavy atom. The first-order valence-corrected chi connectivity index (χ1v) is 7.64. The van der Waals surface area contributed by atoms with E-state index in [9.17, 15) is 0 Å². The number of rotatable bonds is 6. The maximum atomic E-state index is 5.28. The van der Waals surface area contributed by atoms with E-state index in [0.29, 0.717) is 6.04 Å². The van der Waals surface area contributed by atoms with Gasteiger partial charge in [-0.25, -0.2) is 0 Å². The average Bonchev–Trinajstić information content (AvgIpc) is 2.90. The Morgan fingerprint density at radius 1 is 1.35 bits per heavy atom. The topological polar surface area (TPSA) is 26.2 Å². The molecule has 1 aromatic carbocycles. The molecule has 3 nitrogen and oxygen atoms in total. The molecule has 0 saturated heterocycles. The number of halogens is 1. The van der Waals surface area contributed by atoms with Crippen LogP contribution in [0.5, 0.6) is 5.75 Å². The fourth-order valence-electron chi connectivity index (χ4n) is 2.23. The summed E-state index contributed by atoms with van der Waals surface area (Å²) in [5, 5.41) is 3.43. The SMILES string of the molecule is CCNC(C)c1ccn(Cc2cc(OC)ccc2Br)c1. The highest BCUT2D eigenvalue weighted by molar-refractivity contribution is 9.10. The van der Waals surface area contributed by atoms with Gasteiger partial charge in [0.15, 0.2) is 0 Å². The zero-order valence-electron chi connectivity index (χ0n) is 12.2. The molecule has 1 unspecified atom stereocenters. The third kappa shape index (κ3) is 3.64. The Bertz CT molecular complexity index is 565. The zero-order chi connectivity index (χ0) is 14.5. The Hall–Kier alpha value is -1.26. The Kier molecular flexibility index (Phi) is 5.26. The molecule has 0 amide bonds. The Labute approximate surface area is 129 Å². The number of methoxy groups -OCH3 is 1. The minimum Gasteiger partial charge on any atom is -0.497 e. The van der Waals surface area contributed by atoms with Gasteiger partial charge in [0.25, 0.3) is 0 Å². The van der Waals surface area contributed by atoms with Crippen molar-refractivity contribution in [1.82, 2.24) is 9.88 Å². The van der Waals surface area contributed by atoms with Crippen LogP contribution in [0.25, 0.3) is 0 Å². The number of hydrogen-bond acceptors (Lipinski definition) is 2. The highest BCUT2D eigenvalue weighted by atomic mass is 79.9. The molecule has 1 N–H and O–H groups in total. The molecule has 2 rings (SSSR count). The van der Waals surface area contributed by atoms with E-state index in [-0.39, 0.29) is 0 Å². The summed E-state index contributed by atoms with van der Waals surface area (Å²) in [5.41, 5.74) is 2.52. The highest BCUT2D eigenvalue weighted by Crippen LogP contribution is 2.24. The van der Waals surface area contributed by atoms with Crippen molar-refractivity contribution in [3.63, 3.8) is 0 Å². The van der Waals surface area contributed by atoms with Gasteiger partial charge < -0.3 is 14.6 Å². The number of ether oxygens (including phenoxy) is 1. The van der Waals surface area contributed by atoms with Gasteiger partial charge in [-0.2, -0.15) is 0 Å². The van der Waals surface area contributed by atoms with Crippen molar-refractivity contribution in [3.8, 4) is 5.75 Å². The summed E-state index contributed by atoms with van der Waals surface area (Å²) in [5.74, 6) is 0.886. The molecule has 0 bridgehead atoms. The van der Waals surface area contributed by atoms with Crippen molar-refractivity contribution in [3.05, 3.63) is 52.3 Å². The Morgan fingerprint density at radius 3 is 2.85 bits per heavy atom. The van der Waals surface area contributed by atoms with E-state index in [1.807, 2.05) is 12.1 Å². The molecule has 0 spiro atoms. The summed E-state index contributed by atoms with van der Waals surface area (Å²) in [6.45, 7) is 6.12. The molecule has 1 heterocycles. The molecule has 0 radical (unpaired) electrons. The van der Waals surface area contributed by atoms with Gasteiger partial charge in [-0.15, -0.1) is 0 Å². The van der Waals surface area contributed by atoms with Gasteiger partial charge >= 0.3 is 0 Å². The molecular formula is C16H21BrN2O. The van der Waals surface area contributed by atoms with Gasteiger partial charge in [-0.1, -0.05) is 22.9 Å². The van der Waals surface area contributed by atoms with E-state index in [1.165, 1.54) is 11.1 Å². The molecule has 2 aromatic rings. The van der Waals surface area contributed by atoms with Crippen molar-refractivity contribution in [2.24, 2.45) is 0 Å². The number of hydrogen-bond donors (Lipinski definition) is 1. The van der Waals surface area contributed by atoms with E-state index in [1.54, 1.807) is 7.11 Å². The predicted molar refractivity (Wildman–Crippen MR) is 86.3 cm³/mol. The largest absolute Gasteiger partial charge is 0.497 e. The molecular weight excluding hydrogens is 316 g/mol. The van der Waals surface area contributed by atoms with E-state index < -0.39 is 0 Å². The summed E-state index contributed by atoms with van der Waals surface area (Å²) in [7, 11) is 1.69. The van der Waals surface area contributed by atoms with Crippen LogP contribution in [-0.4, -0.2) is 18.2 Å². The summed E-state index contributed by atoms with van der Waals surface area (Å²) < 4.78 is 8.58. The first kappa shape index (κ1) is 15.1. The lowest BCUT2D eigenvalue weighted by Gasteiger charge is -2.11. The quantitative estimate of drug-likeness (QED) is 0.863. The molecule has 4 heteroatoms. The van der Waals surface area contributed by atoms with E-state index in [0.717, 1.165) is 23.3 Å². The van der Waals surface area contributed by atoms with Crippen LogP contribution in [0.4, 0.5) is 0 Å². The summed E-state index contributed by atoms with van der Waals surface area (Å²) in [4.78, 5) is 0. The molecule has 1 aromatic heterocycles. The van der Waals surface area contributed by atoms with Crippen LogP contribution >= 0.6 is 15.9 Å². The minimum absolute atomic E-state index is 0.384. The van der Waals surface area contributed by atoms with Crippen LogP contribution < -0.4 is 10.1 Å². The summed E-state index contributed by atoms with van der Waals surface area (Å²) >= 11 is 3.60. The van der Waals surface area contributed by atoms with E-state index in [2.05, 4.69) is 64.2 Å². The fraction of sp³-hybridized carbons (Fsp3) is 0.375. The minimum atomic E-state index is 0.384. The normalized spacial score (nSPS) is 12.4. The van der Waals surface area contributed by atoms with Crippen LogP contribution in [0.15, 0.2) is 41.1 Å². The van der Waals surface area contributed by atoms with Crippen molar-refractivity contribution >= 4 is 15.9 Å². The maximum absolute atomic E-state index is 5.28. The van der Waals surface area contributed by atoms with Gasteiger partial charge in [-0.3, -0.25) is 0 Å². The van der Waals surface area contributed by atoms with Crippen LogP contribution in [0.2, 0.25) is 0 Å². The zero-order valence-corrected chi connectivity index (χ0v) is 13.8. The second-order valence-corrected chi connectivity index (χ2v) is 5.71. The fourth-order valence-corrected chi connectivity index (χ4v) is 2.61. The number of nitrogens with zero attached hydrogens (tertiary/aromatic N) is 1. The second-order valence-electron chi connectivity index (χ2n) is 4.85. The van der Waals surface area contributed by atoms with Crippen molar-refractivity contribution in [1.29, 1.82) is 0 Å². The third-order valence-corrected chi connectivity index (χ3v) is 4.16. The van der Waals surface area contributed by atoms with Crippen LogP contribution in [-0.2, 0) is 6.54 Å². The van der Waals surface area contributed by atoms with Gasteiger partial charge in [-0.05, 0) is 48.9 Å². The second kappa shape index (κ2) is 6.95. The first-order chi connectivity index (χ1) is 9.63. The monoisotopic (exact) mass is 336 g/mol. The third-order valence-electron chi connectivity index (χ3n) is 3.39. The van der Waals surface area contributed by atoms with Gasteiger partial charge in [0.1, 0.15) is 5.75 Å². The number of aromatic nitrogens is 1. The van der Waals surface area contributed by atoms with E-state index >= 15 is 0 Å². The molecule has 20 heavy (non-hydrogen) atoms. The van der Waals surface area contributed by atoms with Crippen LogP contribution in [0.1, 0.15) is 31.0 Å². The summed E-state index contributed by atoms with van der Waals surface area (Å²) in [6.07, 6.45) is 4.31. The average molecular weight is 337 g/mol. The molecule has 0 saturated carbocycles. The molecule has 0 fully saturated rings. The smallest absolute Gasteiger partial charge is 0.119 e. The van der Waals surface area contributed by atoms with E-state index in [4.69, 9.17) is 4.74 Å². The summed E-state index contributed by atoms with van der Waals surface area (Å²) in [6, 6.07) is 8.61. The molecule has 108 valence electrons. The molecule has 0 aliphatic carbocycles. The lowest BCUT2D eigenvalue weighted by Crippen LogP contribution is -2.17. The van der Waals surface area contributed by atoms with Crippen LogP contribution in [0, 0.1) is 0 Å². The first-order valence-electron chi connectivity index (χ1n) is 6.85. The van der Waals surface area contributed by atoms with Crippen molar-refractivity contribution < 1.29 is 4.74 Å². The van der Waals surface area contributed by atoms with Gasteiger partial charge in [0.05, 0.1) is 7.11 Å². The van der Waals surface area contributed by atoms with Gasteiger partial charge in [0.2, 0.25) is 0 Å². The van der Waals surface area contributed by atoms with Crippen molar-refractivity contribution in [2.45, 2.75) is 26.4 Å². The molecule has 0 aliphatic rings. The lowest BCUT2D eigenvalue weighted by molar-refractivity contribution is 0.414. The maximum Gasteiger partial charge on any atom is 0.119 e. The van der Waals surface area contributed by atoms with Crippen molar-refractivity contribution in [2.75, 3.05) is 13.7 Å². The molecule has 1 atom stereocenters. The lowest BCUT2D eigenvalue weighted by atomic mass is 10.2.